The molecule has 0 atom stereocenters. The Labute approximate surface area is 168 Å². The number of hydrogen-bond donors (Lipinski definition) is 2. The van der Waals surface area contributed by atoms with Crippen molar-refractivity contribution in [3.8, 4) is 0 Å². The fraction of sp³-hybridized carbons (Fsp3) is 0.263. The van der Waals surface area contributed by atoms with Crippen LogP contribution in [0, 0.1) is 5.82 Å². The highest BCUT2D eigenvalue weighted by molar-refractivity contribution is 7.89. The van der Waals surface area contributed by atoms with Crippen LogP contribution in [0.1, 0.15) is 10.4 Å². The number of nitrogens with two attached hydrogens (primary N) is 1. The van der Waals surface area contributed by atoms with Crippen LogP contribution < -0.4 is 16.0 Å². The van der Waals surface area contributed by atoms with E-state index in [2.05, 4.69) is 5.32 Å². The van der Waals surface area contributed by atoms with Gasteiger partial charge in [0.25, 0.3) is 5.91 Å². The van der Waals surface area contributed by atoms with Crippen molar-refractivity contribution in [3.05, 3.63) is 59.9 Å². The molecular formula is C19H21FN4O4S. The van der Waals surface area contributed by atoms with E-state index in [1.165, 1.54) is 40.7 Å². The van der Waals surface area contributed by atoms with Crippen LogP contribution in [0.5, 0.6) is 0 Å². The van der Waals surface area contributed by atoms with Crippen LogP contribution >= 0.6 is 0 Å². The number of hydrogen-bond acceptors (Lipinski definition) is 5. The number of carbonyl (C=O) groups excluding carboxylic acids is 2. The Morgan fingerprint density at radius 2 is 1.69 bits per heavy atom. The number of amides is 2. The molecule has 3 N–H and O–H groups in total. The van der Waals surface area contributed by atoms with Gasteiger partial charge < -0.3 is 16.0 Å². The van der Waals surface area contributed by atoms with Crippen LogP contribution in [0.4, 0.5) is 10.1 Å². The van der Waals surface area contributed by atoms with E-state index in [1.54, 1.807) is 12.1 Å². The Kier molecular flexibility index (Phi) is 6.14. The summed E-state index contributed by atoms with van der Waals surface area (Å²) < 4.78 is 40.4. The molecule has 1 aliphatic rings. The summed E-state index contributed by atoms with van der Waals surface area (Å²) in [4.78, 5) is 24.8. The van der Waals surface area contributed by atoms with Crippen molar-refractivity contribution >= 4 is 27.5 Å². The zero-order valence-electron chi connectivity index (χ0n) is 15.5. The average Bonchev–Trinajstić information content (AvgIpc) is 2.72. The van der Waals surface area contributed by atoms with Crippen molar-refractivity contribution in [2.45, 2.75) is 4.90 Å². The zero-order valence-corrected chi connectivity index (χ0v) is 16.4. The van der Waals surface area contributed by atoms with Crippen molar-refractivity contribution in [2.24, 2.45) is 5.73 Å². The van der Waals surface area contributed by atoms with Crippen LogP contribution in [0.3, 0.4) is 0 Å². The smallest absolute Gasteiger partial charge is 0.251 e. The number of nitrogens with zero attached hydrogens (tertiary/aromatic N) is 2. The molecule has 2 aromatic carbocycles. The molecule has 3 rings (SSSR count). The summed E-state index contributed by atoms with van der Waals surface area (Å²) >= 11 is 0. The molecule has 1 saturated heterocycles. The fourth-order valence-electron chi connectivity index (χ4n) is 3.05. The largest absolute Gasteiger partial charge is 0.369 e. The predicted octanol–water partition coefficient (Wildman–Crippen LogP) is 0.552. The van der Waals surface area contributed by atoms with Gasteiger partial charge >= 0.3 is 0 Å². The zero-order chi connectivity index (χ0) is 21.0. The van der Waals surface area contributed by atoms with Gasteiger partial charge in [0.1, 0.15) is 5.82 Å². The van der Waals surface area contributed by atoms with Gasteiger partial charge in [0.05, 0.1) is 11.4 Å². The molecule has 0 saturated carbocycles. The summed E-state index contributed by atoms with van der Waals surface area (Å²) in [5, 5.41) is 2.33. The molecule has 2 aromatic rings. The van der Waals surface area contributed by atoms with Gasteiger partial charge in [-0.3, -0.25) is 9.59 Å². The Morgan fingerprint density at radius 1 is 1.03 bits per heavy atom. The second kappa shape index (κ2) is 8.58. The molecule has 0 spiro atoms. The lowest BCUT2D eigenvalue weighted by Gasteiger charge is -2.35. The minimum atomic E-state index is -3.79. The molecule has 29 heavy (non-hydrogen) atoms. The number of carbonyl (C=O) groups is 2. The summed E-state index contributed by atoms with van der Waals surface area (Å²) in [5.74, 6) is -1.60. The lowest BCUT2D eigenvalue weighted by atomic mass is 10.2. The first-order valence-corrected chi connectivity index (χ1v) is 10.4. The highest BCUT2D eigenvalue weighted by atomic mass is 32.2. The van der Waals surface area contributed by atoms with Gasteiger partial charge in [0.2, 0.25) is 15.9 Å². The van der Waals surface area contributed by atoms with E-state index in [-0.39, 0.29) is 35.9 Å². The highest BCUT2D eigenvalue weighted by Gasteiger charge is 2.29. The Bertz CT molecular complexity index is 1000. The number of sulfonamides is 1. The number of nitrogens with one attached hydrogen (secondary N) is 1. The molecule has 0 radical (unpaired) electrons. The minimum Gasteiger partial charge on any atom is -0.369 e. The maximum atomic E-state index is 13.1. The summed E-state index contributed by atoms with van der Waals surface area (Å²) in [6.07, 6.45) is 0. The summed E-state index contributed by atoms with van der Waals surface area (Å²) in [5.41, 5.74) is 5.95. The molecule has 1 heterocycles. The number of rotatable bonds is 6. The molecule has 0 unspecified atom stereocenters. The first kappa shape index (κ1) is 20.7. The van der Waals surface area contributed by atoms with Gasteiger partial charge in [-0.1, -0.05) is 6.07 Å². The second-order valence-corrected chi connectivity index (χ2v) is 8.48. The standard InChI is InChI=1S/C19H21FN4O4S/c20-15-4-6-16(7-5-15)23-8-10-24(11-9-23)29(27,28)17-3-1-2-14(12-17)19(26)22-13-18(21)25/h1-7,12H,8-11,13H2,(H2,21,25)(H,22,26). The summed E-state index contributed by atoms with van der Waals surface area (Å²) in [6.45, 7) is 1.12. The SMILES string of the molecule is NC(=O)CNC(=O)c1cccc(S(=O)(=O)N2CCN(c3ccc(F)cc3)CC2)c1. The van der Waals surface area contributed by atoms with Gasteiger partial charge in [-0.2, -0.15) is 4.31 Å². The van der Waals surface area contributed by atoms with Gasteiger partial charge in [-0.15, -0.1) is 0 Å². The molecule has 1 fully saturated rings. The molecule has 154 valence electrons. The number of piperazine rings is 1. The quantitative estimate of drug-likeness (QED) is 0.709. The highest BCUT2D eigenvalue weighted by Crippen LogP contribution is 2.22. The molecule has 0 aromatic heterocycles. The maximum absolute atomic E-state index is 13.1. The van der Waals surface area contributed by atoms with E-state index in [9.17, 15) is 22.4 Å². The normalized spacial score (nSPS) is 15.1. The number of benzene rings is 2. The van der Waals surface area contributed by atoms with Crippen molar-refractivity contribution < 1.29 is 22.4 Å². The van der Waals surface area contributed by atoms with E-state index in [4.69, 9.17) is 5.73 Å². The van der Waals surface area contributed by atoms with E-state index in [0.29, 0.717) is 13.1 Å². The third-order valence-corrected chi connectivity index (χ3v) is 6.48. The lowest BCUT2D eigenvalue weighted by Crippen LogP contribution is -2.48. The van der Waals surface area contributed by atoms with Gasteiger partial charge in [0.15, 0.2) is 0 Å². The van der Waals surface area contributed by atoms with Crippen LogP contribution in [0.15, 0.2) is 53.4 Å². The average molecular weight is 420 g/mol. The van der Waals surface area contributed by atoms with Gasteiger partial charge in [-0.05, 0) is 42.5 Å². The van der Waals surface area contributed by atoms with Crippen LogP contribution in [-0.2, 0) is 14.8 Å². The molecule has 10 heteroatoms. The van der Waals surface area contributed by atoms with Crippen molar-refractivity contribution in [1.29, 1.82) is 0 Å². The lowest BCUT2D eigenvalue weighted by molar-refractivity contribution is -0.117. The van der Waals surface area contributed by atoms with E-state index in [1.807, 2.05) is 4.90 Å². The summed E-state index contributed by atoms with van der Waals surface area (Å²) in [7, 11) is -3.79. The third kappa shape index (κ3) is 4.90. The Balaban J connectivity index is 1.70. The van der Waals surface area contributed by atoms with E-state index in [0.717, 1.165) is 5.69 Å². The molecular weight excluding hydrogens is 399 g/mol. The first-order chi connectivity index (χ1) is 13.8. The predicted molar refractivity (Wildman–Crippen MR) is 105 cm³/mol. The van der Waals surface area contributed by atoms with Crippen LogP contribution in [0.25, 0.3) is 0 Å². The van der Waals surface area contributed by atoms with Crippen molar-refractivity contribution in [1.82, 2.24) is 9.62 Å². The summed E-state index contributed by atoms with van der Waals surface area (Å²) in [6, 6.07) is 11.7. The third-order valence-electron chi connectivity index (χ3n) is 4.59. The minimum absolute atomic E-state index is 0.000503. The maximum Gasteiger partial charge on any atom is 0.251 e. The molecule has 8 nitrogen and oxygen atoms in total. The molecule has 0 aliphatic carbocycles. The molecule has 1 aliphatic heterocycles. The number of anilines is 1. The fourth-order valence-corrected chi connectivity index (χ4v) is 4.52. The topological polar surface area (TPSA) is 113 Å². The van der Waals surface area contributed by atoms with Crippen LogP contribution in [-0.4, -0.2) is 57.3 Å². The number of halogens is 1. The molecule has 2 amide bonds. The Morgan fingerprint density at radius 3 is 2.31 bits per heavy atom. The van der Waals surface area contributed by atoms with Crippen molar-refractivity contribution in [3.63, 3.8) is 0 Å². The van der Waals surface area contributed by atoms with Gasteiger partial charge in [-0.25, -0.2) is 12.8 Å². The second-order valence-electron chi connectivity index (χ2n) is 6.54. The van der Waals surface area contributed by atoms with Crippen molar-refractivity contribution in [2.75, 3.05) is 37.6 Å². The molecule has 0 bridgehead atoms. The van der Waals surface area contributed by atoms with Crippen LogP contribution in [0.2, 0.25) is 0 Å². The Hall–Kier alpha value is -2.98. The monoisotopic (exact) mass is 420 g/mol. The van der Waals surface area contributed by atoms with E-state index >= 15 is 0 Å². The first-order valence-electron chi connectivity index (χ1n) is 8.94. The van der Waals surface area contributed by atoms with Gasteiger partial charge in [0, 0.05) is 37.4 Å². The van der Waals surface area contributed by atoms with E-state index < -0.39 is 21.8 Å². The number of primary amides is 1.